The van der Waals surface area contributed by atoms with Crippen LogP contribution in [0.3, 0.4) is 0 Å². The van der Waals surface area contributed by atoms with Crippen molar-refractivity contribution in [1.82, 2.24) is 5.32 Å². The normalized spacial score (nSPS) is 13.1. The third kappa shape index (κ3) is 6.18. The first-order valence-electron chi connectivity index (χ1n) is 6.13. The van der Waals surface area contributed by atoms with Crippen molar-refractivity contribution >= 4 is 21.9 Å². The number of halogens is 1. The van der Waals surface area contributed by atoms with E-state index in [1.54, 1.807) is 0 Å². The van der Waals surface area contributed by atoms with Gasteiger partial charge in [-0.2, -0.15) is 0 Å². The van der Waals surface area contributed by atoms with E-state index in [0.29, 0.717) is 0 Å². The maximum atomic E-state index is 11.6. The first-order chi connectivity index (χ1) is 8.81. The van der Waals surface area contributed by atoms with Crippen LogP contribution in [-0.2, 0) is 9.53 Å². The summed E-state index contributed by atoms with van der Waals surface area (Å²) in [6, 6.07) is 7.31. The van der Waals surface area contributed by atoms with Gasteiger partial charge in [-0.1, -0.05) is 28.1 Å². The fourth-order valence-corrected chi connectivity index (χ4v) is 1.83. The number of ether oxygens (including phenoxy) is 1. The van der Waals surface area contributed by atoms with E-state index < -0.39 is 5.60 Å². The number of hydrogen-bond acceptors (Lipinski definition) is 4. The minimum Gasteiger partial charge on any atom is -0.459 e. The molecule has 0 aliphatic rings. The molecular weight excluding hydrogens is 310 g/mol. The minimum absolute atomic E-state index is 0.0680. The molecule has 106 valence electrons. The summed E-state index contributed by atoms with van der Waals surface area (Å²) in [4.78, 5) is 11.6. The van der Waals surface area contributed by atoms with Gasteiger partial charge in [-0.15, -0.1) is 0 Å². The molecule has 1 unspecified atom stereocenters. The van der Waals surface area contributed by atoms with Crippen molar-refractivity contribution in [3.8, 4) is 0 Å². The number of esters is 1. The van der Waals surface area contributed by atoms with Gasteiger partial charge in [0.05, 0.1) is 19.2 Å². The summed E-state index contributed by atoms with van der Waals surface area (Å²) in [5.74, 6) is -0.330. The number of hydrogen-bond donors (Lipinski definition) is 2. The van der Waals surface area contributed by atoms with Crippen LogP contribution in [0.5, 0.6) is 0 Å². The molecule has 0 aliphatic carbocycles. The Bertz CT molecular complexity index is 412. The number of aliphatic hydroxyl groups excluding tert-OH is 1. The molecule has 0 fully saturated rings. The molecule has 0 saturated carbocycles. The lowest BCUT2D eigenvalue weighted by Gasteiger charge is -2.21. The van der Waals surface area contributed by atoms with Gasteiger partial charge in [0.2, 0.25) is 0 Å². The average molecular weight is 330 g/mol. The Morgan fingerprint density at radius 1 is 1.37 bits per heavy atom. The molecule has 1 rings (SSSR count). The zero-order chi connectivity index (χ0) is 14.5. The number of nitrogens with one attached hydrogen (secondary N) is 1. The molecule has 1 aromatic rings. The van der Waals surface area contributed by atoms with Crippen LogP contribution < -0.4 is 5.32 Å². The van der Waals surface area contributed by atoms with Crippen LogP contribution in [-0.4, -0.2) is 29.8 Å². The second-order valence-corrected chi connectivity index (χ2v) is 6.17. The Morgan fingerprint density at radius 2 is 1.95 bits per heavy atom. The second-order valence-electron chi connectivity index (χ2n) is 5.25. The van der Waals surface area contributed by atoms with Crippen molar-refractivity contribution in [2.45, 2.75) is 32.4 Å². The van der Waals surface area contributed by atoms with Gasteiger partial charge in [-0.05, 0) is 38.5 Å². The highest BCUT2D eigenvalue weighted by atomic mass is 79.9. The van der Waals surface area contributed by atoms with Gasteiger partial charge in [0.25, 0.3) is 0 Å². The summed E-state index contributed by atoms with van der Waals surface area (Å²) in [5, 5.41) is 12.4. The standard InChI is InChI=1S/C14H20BrNO3/c1-14(2,3)19-13(18)8-16-12(9-17)10-4-6-11(15)7-5-10/h4-7,12,16-17H,8-9H2,1-3H3. The van der Waals surface area contributed by atoms with E-state index in [4.69, 9.17) is 4.74 Å². The molecule has 4 nitrogen and oxygen atoms in total. The van der Waals surface area contributed by atoms with E-state index in [1.165, 1.54) is 0 Å². The van der Waals surface area contributed by atoms with E-state index >= 15 is 0 Å². The number of aliphatic hydroxyl groups is 1. The largest absolute Gasteiger partial charge is 0.459 e. The number of rotatable bonds is 5. The van der Waals surface area contributed by atoms with E-state index in [-0.39, 0.29) is 25.2 Å². The van der Waals surface area contributed by atoms with Gasteiger partial charge in [0.1, 0.15) is 5.60 Å². The van der Waals surface area contributed by atoms with Crippen LogP contribution in [0.25, 0.3) is 0 Å². The van der Waals surface area contributed by atoms with Gasteiger partial charge in [-0.3, -0.25) is 10.1 Å². The molecular formula is C14H20BrNO3. The number of benzene rings is 1. The van der Waals surface area contributed by atoms with Crippen LogP contribution in [0.1, 0.15) is 32.4 Å². The van der Waals surface area contributed by atoms with Gasteiger partial charge in [0.15, 0.2) is 0 Å². The smallest absolute Gasteiger partial charge is 0.320 e. The molecule has 0 bridgehead atoms. The topological polar surface area (TPSA) is 58.6 Å². The summed E-state index contributed by atoms with van der Waals surface area (Å²) in [6.45, 7) is 5.46. The van der Waals surface area contributed by atoms with E-state index in [0.717, 1.165) is 10.0 Å². The zero-order valence-electron chi connectivity index (χ0n) is 11.4. The zero-order valence-corrected chi connectivity index (χ0v) is 13.0. The highest BCUT2D eigenvalue weighted by molar-refractivity contribution is 9.10. The molecule has 0 saturated heterocycles. The van der Waals surface area contributed by atoms with E-state index in [1.807, 2.05) is 45.0 Å². The van der Waals surface area contributed by atoms with Crippen molar-refractivity contribution in [3.05, 3.63) is 34.3 Å². The Hall–Kier alpha value is -0.910. The Morgan fingerprint density at radius 3 is 2.42 bits per heavy atom. The molecule has 1 aromatic carbocycles. The molecule has 0 amide bonds. The lowest BCUT2D eigenvalue weighted by molar-refractivity contribution is -0.153. The third-order valence-electron chi connectivity index (χ3n) is 2.37. The summed E-state index contributed by atoms with van der Waals surface area (Å²) in [6.07, 6.45) is 0. The highest BCUT2D eigenvalue weighted by Crippen LogP contribution is 2.16. The quantitative estimate of drug-likeness (QED) is 0.814. The molecule has 19 heavy (non-hydrogen) atoms. The monoisotopic (exact) mass is 329 g/mol. The second kappa shape index (κ2) is 7.03. The van der Waals surface area contributed by atoms with Crippen LogP contribution in [0.2, 0.25) is 0 Å². The SMILES string of the molecule is CC(C)(C)OC(=O)CNC(CO)c1ccc(Br)cc1. The van der Waals surface area contributed by atoms with Gasteiger partial charge >= 0.3 is 5.97 Å². The van der Waals surface area contributed by atoms with Crippen molar-refractivity contribution in [3.63, 3.8) is 0 Å². The van der Waals surface area contributed by atoms with E-state index in [2.05, 4.69) is 21.2 Å². The highest BCUT2D eigenvalue weighted by Gasteiger charge is 2.17. The van der Waals surface area contributed by atoms with Crippen LogP contribution in [0.15, 0.2) is 28.7 Å². The van der Waals surface area contributed by atoms with Gasteiger partial charge < -0.3 is 9.84 Å². The van der Waals surface area contributed by atoms with Crippen molar-refractivity contribution in [2.75, 3.05) is 13.2 Å². The van der Waals surface area contributed by atoms with Crippen LogP contribution in [0, 0.1) is 0 Å². The minimum atomic E-state index is -0.495. The first kappa shape index (κ1) is 16.1. The Labute approximate surface area is 122 Å². The Balaban J connectivity index is 2.54. The van der Waals surface area contributed by atoms with Gasteiger partial charge in [-0.25, -0.2) is 0 Å². The molecule has 0 aromatic heterocycles. The van der Waals surface area contributed by atoms with Crippen LogP contribution in [0.4, 0.5) is 0 Å². The predicted molar refractivity (Wildman–Crippen MR) is 77.8 cm³/mol. The third-order valence-corrected chi connectivity index (χ3v) is 2.90. The first-order valence-corrected chi connectivity index (χ1v) is 6.92. The molecule has 0 heterocycles. The summed E-state index contributed by atoms with van der Waals surface area (Å²) < 4.78 is 6.17. The molecule has 0 aliphatic heterocycles. The maximum absolute atomic E-state index is 11.6. The number of carbonyl (C=O) groups is 1. The average Bonchev–Trinajstić information content (AvgIpc) is 2.29. The fourth-order valence-electron chi connectivity index (χ4n) is 1.57. The van der Waals surface area contributed by atoms with Crippen molar-refractivity contribution in [2.24, 2.45) is 0 Å². The fraction of sp³-hybridized carbons (Fsp3) is 0.500. The maximum Gasteiger partial charge on any atom is 0.320 e. The molecule has 0 spiro atoms. The summed E-state index contributed by atoms with van der Waals surface area (Å²) in [5.41, 5.74) is 0.430. The lowest BCUT2D eigenvalue weighted by atomic mass is 10.1. The molecule has 2 N–H and O–H groups in total. The van der Waals surface area contributed by atoms with Crippen molar-refractivity contribution < 1.29 is 14.6 Å². The van der Waals surface area contributed by atoms with Crippen molar-refractivity contribution in [1.29, 1.82) is 0 Å². The number of carbonyl (C=O) groups excluding carboxylic acids is 1. The molecule has 1 atom stereocenters. The van der Waals surface area contributed by atoms with Gasteiger partial charge in [0, 0.05) is 4.47 Å². The van der Waals surface area contributed by atoms with Crippen LogP contribution >= 0.6 is 15.9 Å². The predicted octanol–water partition coefficient (Wildman–Crippen LogP) is 2.41. The summed E-state index contributed by atoms with van der Waals surface area (Å²) >= 11 is 3.35. The molecule has 5 heteroatoms. The van der Waals surface area contributed by atoms with E-state index in [9.17, 15) is 9.90 Å². The Kier molecular flexibility index (Phi) is 5.97. The lowest BCUT2D eigenvalue weighted by Crippen LogP contribution is -2.34. The summed E-state index contributed by atoms with van der Waals surface area (Å²) in [7, 11) is 0. The molecule has 0 radical (unpaired) electrons.